The van der Waals surface area contributed by atoms with E-state index in [1.54, 1.807) is 12.1 Å². The molecule has 2 aliphatic heterocycles. The van der Waals surface area contributed by atoms with E-state index in [-0.39, 0.29) is 30.1 Å². The van der Waals surface area contributed by atoms with Gasteiger partial charge in [-0.1, -0.05) is 98.5 Å². The third-order valence-corrected chi connectivity index (χ3v) is 10.3. The molecule has 0 spiro atoms. The van der Waals surface area contributed by atoms with Crippen LogP contribution in [0.15, 0.2) is 84.9 Å². The average Bonchev–Trinajstić information content (AvgIpc) is 3.38. The van der Waals surface area contributed by atoms with E-state index in [0.717, 1.165) is 74.0 Å². The molecular formula is C42H57N4O4+. The molecule has 50 heavy (non-hydrogen) atoms. The summed E-state index contributed by atoms with van der Waals surface area (Å²) in [6, 6.07) is 27.0. The number of quaternary nitrogens is 1. The van der Waals surface area contributed by atoms with Gasteiger partial charge < -0.3 is 19.4 Å². The number of carbonyl (C=O) groups excluding carboxylic acids is 3. The smallest absolute Gasteiger partial charge is 0.408 e. The Bertz CT molecular complexity index is 1430. The molecule has 0 aromatic heterocycles. The van der Waals surface area contributed by atoms with E-state index in [1.165, 1.54) is 49.8 Å². The zero-order chi connectivity index (χ0) is 35.2. The first-order valence-corrected chi connectivity index (χ1v) is 18.9. The molecule has 0 unspecified atom stereocenters. The first kappa shape index (κ1) is 37.3. The number of hydrogen-bond acceptors (Lipinski definition) is 5. The van der Waals surface area contributed by atoms with Gasteiger partial charge in [-0.05, 0) is 74.8 Å². The van der Waals surface area contributed by atoms with Crippen LogP contribution in [0.4, 0.5) is 4.79 Å². The van der Waals surface area contributed by atoms with Crippen molar-refractivity contribution in [2.75, 3.05) is 53.4 Å². The maximum Gasteiger partial charge on any atom is 0.408 e. The Balaban J connectivity index is 0.860. The van der Waals surface area contributed by atoms with Gasteiger partial charge in [0.15, 0.2) is 0 Å². The molecule has 268 valence electrons. The number of carbonyl (C=O) groups is 3. The summed E-state index contributed by atoms with van der Waals surface area (Å²) in [6.45, 7) is 5.81. The Morgan fingerprint density at radius 3 is 1.70 bits per heavy atom. The molecule has 3 amide bonds. The average molecular weight is 682 g/mol. The van der Waals surface area contributed by atoms with Crippen molar-refractivity contribution >= 4 is 17.9 Å². The van der Waals surface area contributed by atoms with E-state index in [9.17, 15) is 14.4 Å². The first-order valence-electron chi connectivity index (χ1n) is 18.9. The normalized spacial score (nSPS) is 15.5. The number of rotatable bonds is 19. The highest BCUT2D eigenvalue weighted by atomic mass is 16.6. The van der Waals surface area contributed by atoms with Crippen LogP contribution >= 0.6 is 0 Å². The molecule has 1 saturated heterocycles. The predicted molar refractivity (Wildman–Crippen MR) is 199 cm³/mol. The number of nitrogens with one attached hydrogen (secondary N) is 1. The number of likely N-dealkylation sites (tertiary alicyclic amines) is 1. The van der Waals surface area contributed by atoms with Crippen LogP contribution in [0.2, 0.25) is 0 Å². The molecule has 8 heteroatoms. The zero-order valence-electron chi connectivity index (χ0n) is 30.2. The van der Waals surface area contributed by atoms with Gasteiger partial charge in [-0.15, -0.1) is 0 Å². The molecule has 2 heterocycles. The Kier molecular flexibility index (Phi) is 14.0. The summed E-state index contributed by atoms with van der Waals surface area (Å²) in [5.74, 6) is -0.297. The number of benzene rings is 3. The number of imide groups is 1. The van der Waals surface area contributed by atoms with Crippen molar-refractivity contribution in [2.24, 2.45) is 0 Å². The molecule has 5 rings (SSSR count). The van der Waals surface area contributed by atoms with E-state index in [2.05, 4.69) is 24.3 Å². The number of alkyl carbamates (subject to hydrolysis) is 1. The minimum Gasteiger partial charge on any atom is -0.446 e. The molecule has 0 atom stereocenters. The lowest BCUT2D eigenvalue weighted by atomic mass is 9.99. The first-order chi connectivity index (χ1) is 24.3. The Labute approximate surface area is 299 Å². The van der Waals surface area contributed by atoms with Crippen LogP contribution in [-0.4, -0.2) is 91.7 Å². The summed E-state index contributed by atoms with van der Waals surface area (Å²) in [5.41, 5.74) is 3.16. The maximum atomic E-state index is 12.9. The van der Waals surface area contributed by atoms with Crippen LogP contribution in [0.25, 0.3) is 0 Å². The molecule has 0 aliphatic carbocycles. The standard InChI is InChI=1S/C42H56N4O4/c1-46(2,33-19-17-29-45-40(47)37-24-14-15-25-38(37)41(45)48)32-18-7-5-3-4-6-16-28-44-30-26-36(27-31-44)50-42(49)43-39(34-20-10-8-11-21-34)35-22-12-9-13-23-35/h8-15,20-25,36,39H,3-7,16-19,26-33H2,1-2H3/p+1. The van der Waals surface area contributed by atoms with Gasteiger partial charge in [-0.3, -0.25) is 14.5 Å². The fourth-order valence-corrected chi connectivity index (χ4v) is 7.33. The number of amides is 3. The monoisotopic (exact) mass is 681 g/mol. The number of ether oxygens (including phenoxy) is 1. The van der Waals surface area contributed by atoms with Gasteiger partial charge in [0.25, 0.3) is 11.8 Å². The van der Waals surface area contributed by atoms with E-state index in [4.69, 9.17) is 4.74 Å². The number of hydrogen-bond donors (Lipinski definition) is 1. The summed E-state index contributed by atoms with van der Waals surface area (Å²) in [4.78, 5) is 42.0. The van der Waals surface area contributed by atoms with Gasteiger partial charge in [0.05, 0.1) is 44.4 Å². The summed E-state index contributed by atoms with van der Waals surface area (Å²) >= 11 is 0. The van der Waals surface area contributed by atoms with Crippen LogP contribution in [0.1, 0.15) is 109 Å². The van der Waals surface area contributed by atoms with Crippen LogP contribution in [0, 0.1) is 0 Å². The van der Waals surface area contributed by atoms with Gasteiger partial charge in [-0.25, -0.2) is 4.79 Å². The maximum absolute atomic E-state index is 12.9. The van der Waals surface area contributed by atoms with Gasteiger partial charge in [0, 0.05) is 19.6 Å². The summed E-state index contributed by atoms with van der Waals surface area (Å²) in [5, 5.41) is 3.11. The minimum absolute atomic E-state index is 0.0354. The highest BCUT2D eigenvalue weighted by Crippen LogP contribution is 2.24. The van der Waals surface area contributed by atoms with Gasteiger partial charge in [-0.2, -0.15) is 0 Å². The van der Waals surface area contributed by atoms with E-state index in [0.29, 0.717) is 17.7 Å². The van der Waals surface area contributed by atoms with Crippen LogP contribution in [0.5, 0.6) is 0 Å². The van der Waals surface area contributed by atoms with Crippen molar-refractivity contribution in [1.82, 2.24) is 15.1 Å². The fourth-order valence-electron chi connectivity index (χ4n) is 7.33. The van der Waals surface area contributed by atoms with E-state index in [1.807, 2.05) is 72.8 Å². The van der Waals surface area contributed by atoms with Gasteiger partial charge >= 0.3 is 6.09 Å². The van der Waals surface area contributed by atoms with E-state index >= 15 is 0 Å². The van der Waals surface area contributed by atoms with Gasteiger partial charge in [0.1, 0.15) is 6.10 Å². The van der Waals surface area contributed by atoms with Crippen molar-refractivity contribution in [1.29, 1.82) is 0 Å². The molecule has 2 aliphatic rings. The van der Waals surface area contributed by atoms with Crippen molar-refractivity contribution in [3.63, 3.8) is 0 Å². The summed E-state index contributed by atoms with van der Waals surface area (Å²) < 4.78 is 6.87. The second-order valence-electron chi connectivity index (χ2n) is 14.7. The molecule has 0 bridgehead atoms. The number of nitrogens with zero attached hydrogens (tertiary/aromatic N) is 3. The molecule has 0 saturated carbocycles. The molecule has 0 radical (unpaired) electrons. The second-order valence-corrected chi connectivity index (χ2v) is 14.7. The largest absolute Gasteiger partial charge is 0.446 e. The summed E-state index contributed by atoms with van der Waals surface area (Å²) in [7, 11) is 4.58. The third-order valence-electron chi connectivity index (χ3n) is 10.3. The molecule has 3 aromatic rings. The van der Waals surface area contributed by atoms with Crippen molar-refractivity contribution in [3.8, 4) is 0 Å². The third kappa shape index (κ3) is 11.0. The molecule has 3 aromatic carbocycles. The SMILES string of the molecule is C[N+](C)(CCCCCCCCCN1CCC(OC(=O)NC(c2ccccc2)c2ccccc2)CC1)CCCCN1C(=O)c2ccccc2C1=O. The van der Waals surface area contributed by atoms with E-state index < -0.39 is 0 Å². The predicted octanol–water partition coefficient (Wildman–Crippen LogP) is 7.85. The zero-order valence-corrected chi connectivity index (χ0v) is 30.2. The number of fused-ring (bicyclic) bond motifs is 1. The Morgan fingerprint density at radius 2 is 1.14 bits per heavy atom. The van der Waals surface area contributed by atoms with Crippen molar-refractivity contribution < 1.29 is 23.6 Å². The van der Waals surface area contributed by atoms with Crippen molar-refractivity contribution in [2.45, 2.75) is 82.8 Å². The minimum atomic E-state index is -0.346. The van der Waals surface area contributed by atoms with Crippen LogP contribution < -0.4 is 5.32 Å². The van der Waals surface area contributed by atoms with Gasteiger partial charge in [0.2, 0.25) is 0 Å². The molecular weight excluding hydrogens is 624 g/mol. The fraction of sp³-hybridized carbons (Fsp3) is 0.500. The quantitative estimate of drug-likeness (QED) is 0.0793. The lowest BCUT2D eigenvalue weighted by molar-refractivity contribution is -0.890. The second kappa shape index (κ2) is 18.8. The molecule has 8 nitrogen and oxygen atoms in total. The number of piperidine rings is 1. The lowest BCUT2D eigenvalue weighted by Gasteiger charge is -2.32. The Hall–Kier alpha value is -4.01. The Morgan fingerprint density at radius 1 is 0.680 bits per heavy atom. The van der Waals surface area contributed by atoms with Crippen LogP contribution in [-0.2, 0) is 4.74 Å². The van der Waals surface area contributed by atoms with Crippen LogP contribution in [0.3, 0.4) is 0 Å². The lowest BCUT2D eigenvalue weighted by Crippen LogP contribution is -2.41. The topological polar surface area (TPSA) is 79.0 Å². The highest BCUT2D eigenvalue weighted by Gasteiger charge is 2.34. The molecule has 1 fully saturated rings. The molecule has 1 N–H and O–H groups in total. The van der Waals surface area contributed by atoms with Crippen molar-refractivity contribution in [3.05, 3.63) is 107 Å². The summed E-state index contributed by atoms with van der Waals surface area (Å²) in [6.07, 6.45) is 12.1. The number of unbranched alkanes of at least 4 members (excludes halogenated alkanes) is 7. The highest BCUT2D eigenvalue weighted by molar-refractivity contribution is 6.21.